The SMILES string of the molecule is [2H]c1c([2H])c([2H])c2c(-c3ccc(-c4ccc5ccccc5c4)c4ccccc34)c3c([2H])c([2H])c([2H])c([2H])c3c(-c3ccc4oc5c6ccccc6ccc5c4c3)c2c1[2H]. The van der Waals surface area contributed by atoms with Crippen molar-refractivity contribution in [2.24, 2.45) is 0 Å². The Morgan fingerprint density at radius 2 is 0.922 bits per heavy atom. The Bertz CT molecular complexity index is 3580. The van der Waals surface area contributed by atoms with Gasteiger partial charge in [0.05, 0.1) is 11.0 Å². The largest absolute Gasteiger partial charge is 0.455 e. The minimum atomic E-state index is -0.437. The molecule has 0 saturated carbocycles. The zero-order valence-corrected chi connectivity index (χ0v) is 27.1. The van der Waals surface area contributed by atoms with Crippen LogP contribution in [0, 0.1) is 0 Å². The molecular weight excluding hydrogens is 617 g/mol. The zero-order chi connectivity index (χ0) is 40.4. The molecule has 1 nitrogen and oxygen atoms in total. The van der Waals surface area contributed by atoms with Gasteiger partial charge < -0.3 is 4.42 Å². The van der Waals surface area contributed by atoms with Crippen molar-refractivity contribution in [2.45, 2.75) is 0 Å². The lowest BCUT2D eigenvalue weighted by atomic mass is 9.83. The fourth-order valence-corrected chi connectivity index (χ4v) is 7.97. The summed E-state index contributed by atoms with van der Waals surface area (Å²) in [5.41, 5.74) is 5.02. The van der Waals surface area contributed by atoms with E-state index in [1.807, 2.05) is 97.1 Å². The monoisotopic (exact) mass is 654 g/mol. The number of furan rings is 1. The molecule has 10 aromatic carbocycles. The van der Waals surface area contributed by atoms with Crippen LogP contribution in [0.15, 0.2) is 186 Å². The van der Waals surface area contributed by atoms with Crippen LogP contribution >= 0.6 is 0 Å². The van der Waals surface area contributed by atoms with E-state index in [4.69, 9.17) is 9.90 Å². The van der Waals surface area contributed by atoms with Gasteiger partial charge in [-0.05, 0) is 106 Å². The smallest absolute Gasteiger partial charge is 0.143 e. The second-order valence-corrected chi connectivity index (χ2v) is 13.0. The van der Waals surface area contributed by atoms with E-state index in [-0.39, 0.29) is 45.7 Å². The molecule has 0 aliphatic rings. The van der Waals surface area contributed by atoms with Gasteiger partial charge in [-0.3, -0.25) is 0 Å². The summed E-state index contributed by atoms with van der Waals surface area (Å²) in [6.45, 7) is 0. The number of hydrogen-bond acceptors (Lipinski definition) is 1. The third kappa shape index (κ3) is 4.22. The van der Waals surface area contributed by atoms with Crippen molar-refractivity contribution in [3.8, 4) is 33.4 Å². The third-order valence-electron chi connectivity index (χ3n) is 10.3. The van der Waals surface area contributed by atoms with E-state index in [2.05, 4.69) is 30.3 Å². The summed E-state index contributed by atoms with van der Waals surface area (Å²) in [5, 5.41) is 8.15. The van der Waals surface area contributed by atoms with Crippen molar-refractivity contribution in [2.75, 3.05) is 0 Å². The summed E-state index contributed by atoms with van der Waals surface area (Å²) in [6.07, 6.45) is 0. The van der Waals surface area contributed by atoms with Crippen molar-refractivity contribution in [1.29, 1.82) is 0 Å². The maximum Gasteiger partial charge on any atom is 0.143 e. The summed E-state index contributed by atoms with van der Waals surface area (Å²) in [5.74, 6) is 0. The second kappa shape index (κ2) is 10.9. The van der Waals surface area contributed by atoms with Crippen molar-refractivity contribution in [3.63, 3.8) is 0 Å². The molecule has 0 aliphatic heterocycles. The maximum atomic E-state index is 9.53. The first-order valence-corrected chi connectivity index (χ1v) is 16.9. The van der Waals surface area contributed by atoms with Crippen LogP contribution in [0.5, 0.6) is 0 Å². The molecule has 0 aliphatic carbocycles. The molecule has 1 aromatic heterocycles. The number of rotatable bonds is 3. The molecule has 0 amide bonds. The Labute approximate surface area is 305 Å². The average molecular weight is 655 g/mol. The van der Waals surface area contributed by atoms with Crippen LogP contribution < -0.4 is 0 Å². The van der Waals surface area contributed by atoms with Gasteiger partial charge in [0.15, 0.2) is 0 Å². The van der Waals surface area contributed by atoms with Gasteiger partial charge in [0.2, 0.25) is 0 Å². The van der Waals surface area contributed by atoms with Gasteiger partial charge in [-0.25, -0.2) is 0 Å². The normalized spacial score (nSPS) is 14.1. The molecule has 0 spiro atoms. The fraction of sp³-hybridized carbons (Fsp3) is 0. The quantitative estimate of drug-likeness (QED) is 0.173. The van der Waals surface area contributed by atoms with Gasteiger partial charge >= 0.3 is 0 Å². The van der Waals surface area contributed by atoms with Crippen LogP contribution in [0.3, 0.4) is 0 Å². The topological polar surface area (TPSA) is 13.1 Å². The highest BCUT2D eigenvalue weighted by atomic mass is 16.3. The van der Waals surface area contributed by atoms with Crippen molar-refractivity contribution in [3.05, 3.63) is 182 Å². The molecule has 0 N–H and O–H groups in total. The number of fused-ring (bicyclic) bond motifs is 9. The van der Waals surface area contributed by atoms with Crippen LogP contribution in [0.4, 0.5) is 0 Å². The minimum absolute atomic E-state index is 0.170. The van der Waals surface area contributed by atoms with E-state index in [1.165, 1.54) is 0 Å². The summed E-state index contributed by atoms with van der Waals surface area (Å²) >= 11 is 0. The summed E-state index contributed by atoms with van der Waals surface area (Å²) in [7, 11) is 0. The van der Waals surface area contributed by atoms with Crippen molar-refractivity contribution in [1.82, 2.24) is 0 Å². The highest BCUT2D eigenvalue weighted by Gasteiger charge is 2.20. The standard InChI is InChI=1S/C50H30O/c1-2-13-33-29-34(22-21-31(33)11-1)36-26-27-44(39-16-6-5-15-38(36)39)49-42-19-9-7-17-40(42)48(41-18-8-10-20-43(41)49)35-24-28-47-46(30-35)45-25-23-32-12-3-4-14-37(32)50(45)51-47/h1-30H/i7D,8D,9D,10D,17D,18D,19D,20D. The molecule has 11 aromatic rings. The molecule has 236 valence electrons. The first kappa shape index (κ1) is 21.4. The van der Waals surface area contributed by atoms with Gasteiger partial charge in [-0.2, -0.15) is 0 Å². The minimum Gasteiger partial charge on any atom is -0.455 e. The van der Waals surface area contributed by atoms with E-state index in [9.17, 15) is 5.48 Å². The van der Waals surface area contributed by atoms with Gasteiger partial charge in [0.1, 0.15) is 11.2 Å². The fourth-order valence-electron chi connectivity index (χ4n) is 7.97. The lowest BCUT2D eigenvalue weighted by molar-refractivity contribution is 0.672. The Morgan fingerprint density at radius 1 is 0.353 bits per heavy atom. The van der Waals surface area contributed by atoms with Crippen LogP contribution in [0.2, 0.25) is 0 Å². The Kier molecular flexibility index (Phi) is 4.57. The highest BCUT2D eigenvalue weighted by molar-refractivity contribution is 6.25. The summed E-state index contributed by atoms with van der Waals surface area (Å²) in [6, 6.07) is 40.8. The maximum absolute atomic E-state index is 9.53. The first-order valence-electron chi connectivity index (χ1n) is 20.9. The molecule has 1 heterocycles. The predicted octanol–water partition coefficient (Wildman–Crippen LogP) is 14.4. The van der Waals surface area contributed by atoms with Gasteiger partial charge in [-0.1, -0.05) is 158 Å². The van der Waals surface area contributed by atoms with E-state index in [1.54, 1.807) is 6.07 Å². The molecule has 1 heteroatoms. The molecule has 0 radical (unpaired) electrons. The Morgan fingerprint density at radius 3 is 1.67 bits per heavy atom. The molecule has 0 atom stereocenters. The van der Waals surface area contributed by atoms with Crippen molar-refractivity contribution < 1.29 is 15.4 Å². The van der Waals surface area contributed by atoms with E-state index >= 15 is 0 Å². The van der Waals surface area contributed by atoms with E-state index < -0.39 is 24.2 Å². The van der Waals surface area contributed by atoms with Crippen LogP contribution in [-0.2, 0) is 0 Å². The first-order chi connectivity index (χ1) is 28.6. The van der Waals surface area contributed by atoms with Crippen LogP contribution in [0.1, 0.15) is 11.0 Å². The van der Waals surface area contributed by atoms with E-state index in [0.29, 0.717) is 33.4 Å². The summed E-state index contributed by atoms with van der Waals surface area (Å²) in [4.78, 5) is 0. The molecule has 0 fully saturated rings. The number of hydrogen-bond donors (Lipinski definition) is 0. The predicted molar refractivity (Wildman–Crippen MR) is 218 cm³/mol. The number of benzene rings is 10. The van der Waals surface area contributed by atoms with Gasteiger partial charge in [-0.15, -0.1) is 0 Å². The zero-order valence-electron chi connectivity index (χ0n) is 35.1. The molecular formula is C50H30O. The van der Waals surface area contributed by atoms with Crippen molar-refractivity contribution >= 4 is 75.8 Å². The Balaban J connectivity index is 1.30. The lowest BCUT2D eigenvalue weighted by Crippen LogP contribution is -1.92. The van der Waals surface area contributed by atoms with Crippen LogP contribution in [0.25, 0.3) is 109 Å². The van der Waals surface area contributed by atoms with Gasteiger partial charge in [0, 0.05) is 16.2 Å². The lowest BCUT2D eigenvalue weighted by Gasteiger charge is -2.20. The molecule has 0 bridgehead atoms. The molecule has 51 heavy (non-hydrogen) atoms. The third-order valence-corrected chi connectivity index (χ3v) is 10.3. The van der Waals surface area contributed by atoms with E-state index in [0.717, 1.165) is 54.2 Å². The van der Waals surface area contributed by atoms with Gasteiger partial charge in [0.25, 0.3) is 0 Å². The second-order valence-electron chi connectivity index (χ2n) is 13.0. The molecule has 11 rings (SSSR count). The molecule has 0 saturated heterocycles. The Hall–Kier alpha value is -6.70. The summed E-state index contributed by atoms with van der Waals surface area (Å²) < 4.78 is 80.2. The average Bonchev–Trinajstić information content (AvgIpc) is 3.66. The van der Waals surface area contributed by atoms with Crippen LogP contribution in [-0.4, -0.2) is 0 Å². The molecule has 0 unspecified atom stereocenters. The highest BCUT2D eigenvalue weighted by Crippen LogP contribution is 2.47.